The first-order valence-corrected chi connectivity index (χ1v) is 10.9. The zero-order valence-corrected chi connectivity index (χ0v) is 18.7. The van der Waals surface area contributed by atoms with Crippen LogP contribution in [0.3, 0.4) is 0 Å². The minimum absolute atomic E-state index is 0.000385. The summed E-state index contributed by atoms with van der Waals surface area (Å²) in [7, 11) is 0. The molecule has 166 valence electrons. The van der Waals surface area contributed by atoms with Gasteiger partial charge in [0.25, 0.3) is 0 Å². The number of rotatable bonds is 9. The van der Waals surface area contributed by atoms with Crippen molar-refractivity contribution < 1.29 is 9.53 Å². The molecule has 0 spiro atoms. The van der Waals surface area contributed by atoms with Gasteiger partial charge in [-0.2, -0.15) is 0 Å². The summed E-state index contributed by atoms with van der Waals surface area (Å²) in [6.45, 7) is 3.97. The highest BCUT2D eigenvalue weighted by molar-refractivity contribution is 5.98. The average Bonchev–Trinajstić information content (AvgIpc) is 2.85. The summed E-state index contributed by atoms with van der Waals surface area (Å²) in [4.78, 5) is 21.1. The third kappa shape index (κ3) is 5.95. The highest BCUT2D eigenvalue weighted by Gasteiger charge is 2.13. The normalized spacial score (nSPS) is 11.5. The highest BCUT2D eigenvalue weighted by Crippen LogP contribution is 2.25. The van der Waals surface area contributed by atoms with Crippen LogP contribution in [0.5, 0.6) is 11.5 Å². The Morgan fingerprint density at radius 2 is 1.48 bits per heavy atom. The number of aromatic nitrogens is 2. The van der Waals surface area contributed by atoms with E-state index in [1.54, 1.807) is 0 Å². The minimum Gasteiger partial charge on any atom is -0.457 e. The van der Waals surface area contributed by atoms with Crippen LogP contribution in [-0.2, 0) is 0 Å². The number of carbonyl (C=O) groups excluding carboxylic acids is 1. The monoisotopic (exact) mass is 438 g/mol. The molecule has 4 aromatic rings. The van der Waals surface area contributed by atoms with E-state index in [1.165, 1.54) is 6.33 Å². The topological polar surface area (TPSA) is 76.1 Å². The molecule has 6 nitrogen and oxygen atoms in total. The molecule has 0 amide bonds. The highest BCUT2D eigenvalue weighted by atomic mass is 16.5. The van der Waals surface area contributed by atoms with Gasteiger partial charge in [-0.25, -0.2) is 9.97 Å². The van der Waals surface area contributed by atoms with E-state index in [0.29, 0.717) is 17.2 Å². The fraction of sp³-hybridized carbons (Fsp3) is 0.148. The molecule has 1 atom stereocenters. The number of anilines is 4. The summed E-state index contributed by atoms with van der Waals surface area (Å²) in [6.07, 6.45) is 2.31. The van der Waals surface area contributed by atoms with Gasteiger partial charge in [-0.3, -0.25) is 4.79 Å². The molecule has 1 aromatic heterocycles. The first kappa shape index (κ1) is 22.0. The van der Waals surface area contributed by atoms with Gasteiger partial charge in [0.15, 0.2) is 5.78 Å². The fourth-order valence-corrected chi connectivity index (χ4v) is 3.24. The SMILES string of the molecule is CCC(C)C(=O)c1cccc(Nc2cc(Nc3ccc(Oc4ccccc4)cc3)ncn2)c1. The molecule has 0 fully saturated rings. The van der Waals surface area contributed by atoms with Crippen molar-refractivity contribution in [3.05, 3.63) is 96.8 Å². The molecule has 1 heterocycles. The molecule has 4 rings (SSSR count). The summed E-state index contributed by atoms with van der Waals surface area (Å²) in [5.74, 6) is 2.97. The van der Waals surface area contributed by atoms with Gasteiger partial charge in [-0.15, -0.1) is 0 Å². The van der Waals surface area contributed by atoms with Gasteiger partial charge >= 0.3 is 0 Å². The van der Waals surface area contributed by atoms with Gasteiger partial charge in [0, 0.05) is 28.9 Å². The van der Waals surface area contributed by atoms with Gasteiger partial charge in [0.05, 0.1) is 0 Å². The standard InChI is InChI=1S/C27H26N4O2/c1-3-19(2)27(32)20-8-7-9-22(16-20)31-26-17-25(28-18-29-26)30-21-12-14-24(15-13-21)33-23-10-5-4-6-11-23/h4-19H,3H2,1-2H3,(H2,28,29,30,31). The van der Waals surface area contributed by atoms with E-state index in [-0.39, 0.29) is 11.7 Å². The predicted octanol–water partition coefficient (Wildman–Crippen LogP) is 6.98. The fourth-order valence-electron chi connectivity index (χ4n) is 3.24. The first-order chi connectivity index (χ1) is 16.1. The third-order valence-electron chi connectivity index (χ3n) is 5.25. The maximum atomic E-state index is 12.5. The molecule has 0 bridgehead atoms. The van der Waals surface area contributed by atoms with Crippen molar-refractivity contribution in [2.75, 3.05) is 10.6 Å². The summed E-state index contributed by atoms with van der Waals surface area (Å²) in [5.41, 5.74) is 2.37. The van der Waals surface area contributed by atoms with Gasteiger partial charge in [0.1, 0.15) is 29.5 Å². The van der Waals surface area contributed by atoms with Gasteiger partial charge in [-0.1, -0.05) is 44.2 Å². The lowest BCUT2D eigenvalue weighted by atomic mass is 9.97. The molecule has 33 heavy (non-hydrogen) atoms. The lowest BCUT2D eigenvalue weighted by molar-refractivity contribution is 0.0927. The van der Waals surface area contributed by atoms with E-state index in [1.807, 2.05) is 98.8 Å². The molecule has 0 saturated heterocycles. The lowest BCUT2D eigenvalue weighted by Gasteiger charge is -2.11. The molecule has 0 aliphatic rings. The van der Waals surface area contributed by atoms with Crippen LogP contribution in [0, 0.1) is 5.92 Å². The quantitative estimate of drug-likeness (QED) is 0.274. The number of Topliss-reactive ketones (excluding diaryl/α,β-unsaturated/α-hetero) is 1. The summed E-state index contributed by atoms with van der Waals surface area (Å²) >= 11 is 0. The Morgan fingerprint density at radius 1 is 0.818 bits per heavy atom. The Labute approximate surface area is 193 Å². The van der Waals surface area contributed by atoms with Crippen LogP contribution in [0.4, 0.5) is 23.0 Å². The van der Waals surface area contributed by atoms with Gasteiger partial charge in [-0.05, 0) is 55.0 Å². The Hall–Kier alpha value is -4.19. The molecule has 2 N–H and O–H groups in total. The number of hydrogen-bond acceptors (Lipinski definition) is 6. The molecule has 0 aliphatic heterocycles. The maximum absolute atomic E-state index is 12.5. The smallest absolute Gasteiger partial charge is 0.165 e. The van der Waals surface area contributed by atoms with Crippen molar-refractivity contribution in [3.63, 3.8) is 0 Å². The number of benzene rings is 3. The second kappa shape index (κ2) is 10.4. The predicted molar refractivity (Wildman–Crippen MR) is 132 cm³/mol. The Morgan fingerprint density at radius 3 is 2.18 bits per heavy atom. The van der Waals surface area contributed by atoms with E-state index in [9.17, 15) is 4.79 Å². The van der Waals surface area contributed by atoms with Crippen molar-refractivity contribution in [1.29, 1.82) is 0 Å². The molecule has 0 aliphatic carbocycles. The number of ether oxygens (including phenoxy) is 1. The van der Waals surface area contributed by atoms with E-state index >= 15 is 0 Å². The number of nitrogens with one attached hydrogen (secondary N) is 2. The Bertz CT molecular complexity index is 1210. The first-order valence-electron chi connectivity index (χ1n) is 10.9. The Balaban J connectivity index is 1.42. The third-order valence-corrected chi connectivity index (χ3v) is 5.25. The summed E-state index contributed by atoms with van der Waals surface area (Å²) in [5, 5.41) is 6.53. The summed E-state index contributed by atoms with van der Waals surface area (Å²) < 4.78 is 5.83. The Kier molecular flexibility index (Phi) is 6.95. The van der Waals surface area contributed by atoms with E-state index in [2.05, 4.69) is 20.6 Å². The molecule has 6 heteroatoms. The molecule has 0 saturated carbocycles. The number of para-hydroxylation sites is 1. The number of carbonyl (C=O) groups is 1. The van der Waals surface area contributed by atoms with Crippen LogP contribution in [0.1, 0.15) is 30.6 Å². The van der Waals surface area contributed by atoms with Crippen molar-refractivity contribution in [2.45, 2.75) is 20.3 Å². The number of hydrogen-bond donors (Lipinski definition) is 2. The van der Waals surface area contributed by atoms with Crippen LogP contribution in [0.15, 0.2) is 91.3 Å². The molecule has 0 radical (unpaired) electrons. The van der Waals surface area contributed by atoms with Crippen molar-refractivity contribution in [2.24, 2.45) is 5.92 Å². The van der Waals surface area contributed by atoms with Crippen LogP contribution >= 0.6 is 0 Å². The number of ketones is 1. The lowest BCUT2D eigenvalue weighted by Crippen LogP contribution is -2.10. The zero-order chi connectivity index (χ0) is 23.0. The van der Waals surface area contributed by atoms with Crippen LogP contribution in [0.25, 0.3) is 0 Å². The van der Waals surface area contributed by atoms with Gasteiger partial charge in [0.2, 0.25) is 0 Å². The molecule has 1 unspecified atom stereocenters. The largest absolute Gasteiger partial charge is 0.457 e. The van der Waals surface area contributed by atoms with E-state index in [4.69, 9.17) is 4.74 Å². The minimum atomic E-state index is -0.000385. The van der Waals surface area contributed by atoms with Crippen LogP contribution in [0.2, 0.25) is 0 Å². The maximum Gasteiger partial charge on any atom is 0.165 e. The molecular formula is C27H26N4O2. The van der Waals surface area contributed by atoms with E-state index < -0.39 is 0 Å². The second-order valence-corrected chi connectivity index (χ2v) is 7.73. The number of nitrogens with zero attached hydrogens (tertiary/aromatic N) is 2. The van der Waals surface area contributed by atoms with Crippen molar-refractivity contribution in [3.8, 4) is 11.5 Å². The summed E-state index contributed by atoms with van der Waals surface area (Å²) in [6, 6.07) is 26.6. The molecule has 3 aromatic carbocycles. The molecular weight excluding hydrogens is 412 g/mol. The van der Waals surface area contributed by atoms with Crippen LogP contribution < -0.4 is 15.4 Å². The van der Waals surface area contributed by atoms with Crippen molar-refractivity contribution >= 4 is 28.8 Å². The average molecular weight is 439 g/mol. The van der Waals surface area contributed by atoms with Gasteiger partial charge < -0.3 is 15.4 Å². The van der Waals surface area contributed by atoms with Crippen LogP contribution in [-0.4, -0.2) is 15.8 Å². The van der Waals surface area contributed by atoms with E-state index in [0.717, 1.165) is 29.3 Å². The zero-order valence-electron chi connectivity index (χ0n) is 18.7. The second-order valence-electron chi connectivity index (χ2n) is 7.73. The van der Waals surface area contributed by atoms with Crippen molar-refractivity contribution in [1.82, 2.24) is 9.97 Å².